The van der Waals surface area contributed by atoms with Gasteiger partial charge in [0.05, 0.1) is 17.3 Å². The maximum atomic E-state index is 13.3. The minimum atomic E-state index is -4.45. The summed E-state index contributed by atoms with van der Waals surface area (Å²) in [5, 5.41) is 0. The first-order valence-electron chi connectivity index (χ1n) is 12.3. The van der Waals surface area contributed by atoms with E-state index in [-0.39, 0.29) is 41.0 Å². The number of hydrogen-bond donors (Lipinski definition) is 1. The molecule has 0 aliphatic heterocycles. The molecule has 2 heterocycles. The summed E-state index contributed by atoms with van der Waals surface area (Å²) < 4.78 is 79.1. The Morgan fingerprint density at radius 2 is 1.98 bits per heavy atom. The van der Waals surface area contributed by atoms with Gasteiger partial charge in [0.25, 0.3) is 16.5 Å². The van der Waals surface area contributed by atoms with Crippen LogP contribution in [0.3, 0.4) is 0 Å². The topological polar surface area (TPSA) is 124 Å². The summed E-state index contributed by atoms with van der Waals surface area (Å²) in [7, 11) is -2.25. The minimum Gasteiger partial charge on any atom is -0.473 e. The van der Waals surface area contributed by atoms with Crippen molar-refractivity contribution in [1.82, 2.24) is 19.9 Å². The second kappa shape index (κ2) is 12.2. The van der Waals surface area contributed by atoms with E-state index in [2.05, 4.69) is 19.7 Å². The number of benzene rings is 1. The zero-order valence-electron chi connectivity index (χ0n) is 21.7. The maximum absolute atomic E-state index is 13.3. The molecule has 40 heavy (non-hydrogen) atoms. The van der Waals surface area contributed by atoms with Gasteiger partial charge in [-0.15, -0.1) is 0 Å². The molecule has 4 rings (SSSR count). The van der Waals surface area contributed by atoms with Gasteiger partial charge in [0.1, 0.15) is 29.9 Å². The van der Waals surface area contributed by atoms with E-state index in [1.165, 1.54) is 49.8 Å². The van der Waals surface area contributed by atoms with Crippen LogP contribution < -0.4 is 9.46 Å². The second-order valence-corrected chi connectivity index (χ2v) is 11.1. The predicted molar refractivity (Wildman–Crippen MR) is 138 cm³/mol. The van der Waals surface area contributed by atoms with Gasteiger partial charge in [0.15, 0.2) is 0 Å². The highest BCUT2D eigenvalue weighted by Gasteiger charge is 2.37. The first-order valence-corrected chi connectivity index (χ1v) is 13.8. The Bertz CT molecular complexity index is 1430. The smallest absolute Gasteiger partial charge is 0.416 e. The molecule has 14 heteroatoms. The average Bonchev–Trinajstić information content (AvgIpc) is 2.91. The largest absolute Gasteiger partial charge is 0.473 e. The van der Waals surface area contributed by atoms with E-state index in [0.29, 0.717) is 31.3 Å². The van der Waals surface area contributed by atoms with Gasteiger partial charge in [-0.1, -0.05) is 18.2 Å². The summed E-state index contributed by atoms with van der Waals surface area (Å²) in [6, 6.07) is 9.20. The molecule has 2 aromatic heterocycles. The van der Waals surface area contributed by atoms with Gasteiger partial charge in [0.2, 0.25) is 5.88 Å². The number of carbonyl (C=O) groups excluding carboxylic acids is 1. The Kier molecular flexibility index (Phi) is 8.88. The lowest BCUT2D eigenvalue weighted by Crippen LogP contribution is -2.48. The van der Waals surface area contributed by atoms with Crippen LogP contribution in [0.4, 0.5) is 19.0 Å². The Morgan fingerprint density at radius 3 is 2.65 bits per heavy atom. The van der Waals surface area contributed by atoms with E-state index >= 15 is 0 Å². The van der Waals surface area contributed by atoms with Gasteiger partial charge in [-0.3, -0.25) is 14.4 Å². The van der Waals surface area contributed by atoms with Crippen LogP contribution in [0.5, 0.6) is 5.88 Å². The van der Waals surface area contributed by atoms with Crippen molar-refractivity contribution in [3.63, 3.8) is 0 Å². The molecule has 0 saturated heterocycles. The number of aryl methyl sites for hydroxylation is 1. The molecule has 1 N–H and O–H groups in total. The number of alkyl halides is 3. The highest BCUT2D eigenvalue weighted by Crippen LogP contribution is 2.39. The van der Waals surface area contributed by atoms with Gasteiger partial charge in [0, 0.05) is 12.3 Å². The summed E-state index contributed by atoms with van der Waals surface area (Å²) >= 11 is 0. The van der Waals surface area contributed by atoms with Gasteiger partial charge in [-0.25, -0.2) is 23.4 Å². The molecule has 1 saturated carbocycles. The van der Waals surface area contributed by atoms with Gasteiger partial charge in [-0.2, -0.15) is 13.2 Å². The van der Waals surface area contributed by atoms with Crippen LogP contribution in [0, 0.1) is 6.92 Å². The zero-order valence-corrected chi connectivity index (χ0v) is 22.5. The predicted octanol–water partition coefficient (Wildman–Crippen LogP) is 4.15. The maximum Gasteiger partial charge on any atom is 0.416 e. The number of anilines is 1. The second-order valence-electron chi connectivity index (χ2n) is 9.44. The van der Waals surface area contributed by atoms with Crippen LogP contribution in [-0.4, -0.2) is 60.7 Å². The van der Waals surface area contributed by atoms with Crippen molar-refractivity contribution in [2.75, 3.05) is 18.5 Å². The summed E-state index contributed by atoms with van der Waals surface area (Å²) in [5.41, 5.74) is 0.0649. The fraction of sp³-hybridized carbons (Fsp3) is 0.385. The molecule has 0 radical (unpaired) electrons. The zero-order chi connectivity index (χ0) is 28.9. The molecule has 3 atom stereocenters. The van der Waals surface area contributed by atoms with Crippen molar-refractivity contribution in [2.24, 2.45) is 0 Å². The lowest BCUT2D eigenvalue weighted by atomic mass is 9.79. The fourth-order valence-corrected chi connectivity index (χ4v) is 6.00. The monoisotopic (exact) mass is 579 g/mol. The highest BCUT2D eigenvalue weighted by molar-refractivity contribution is 7.92. The Hall–Kier alpha value is -3.78. The van der Waals surface area contributed by atoms with E-state index in [9.17, 15) is 26.4 Å². The third-order valence-electron chi connectivity index (χ3n) is 6.75. The minimum absolute atomic E-state index is 0.0400. The van der Waals surface area contributed by atoms with E-state index in [1.807, 2.05) is 0 Å². The Morgan fingerprint density at radius 1 is 1.18 bits per heavy atom. The van der Waals surface area contributed by atoms with Crippen molar-refractivity contribution in [3.8, 4) is 5.88 Å². The number of ether oxygens (including phenoxy) is 2. The lowest BCUT2D eigenvalue weighted by molar-refractivity contribution is -0.137. The number of sulfonamides is 1. The number of hydrogen-bond acceptors (Lipinski definition) is 9. The van der Waals surface area contributed by atoms with Gasteiger partial charge < -0.3 is 9.47 Å². The van der Waals surface area contributed by atoms with Crippen molar-refractivity contribution in [2.45, 2.75) is 55.3 Å². The van der Waals surface area contributed by atoms with Crippen molar-refractivity contribution in [1.29, 1.82) is 0 Å². The van der Waals surface area contributed by atoms with Gasteiger partial charge >= 0.3 is 6.18 Å². The summed E-state index contributed by atoms with van der Waals surface area (Å²) in [4.78, 5) is 24.5. The molecule has 3 aromatic rings. The fourth-order valence-electron chi connectivity index (χ4n) is 4.81. The summed E-state index contributed by atoms with van der Waals surface area (Å²) in [6.45, 7) is 1.81. The number of rotatable bonds is 10. The van der Waals surface area contributed by atoms with Crippen LogP contribution in [0.2, 0.25) is 0 Å². The molecule has 1 fully saturated rings. The first kappa shape index (κ1) is 29.2. The molecule has 0 bridgehead atoms. The van der Waals surface area contributed by atoms with E-state index < -0.39 is 27.9 Å². The van der Waals surface area contributed by atoms with Crippen molar-refractivity contribution < 1.29 is 35.9 Å². The number of halogens is 3. The number of nitrogens with zero attached hydrogens (tertiary/aromatic N) is 4. The van der Waals surface area contributed by atoms with Crippen LogP contribution in [0.1, 0.15) is 42.0 Å². The number of nitrogens with one attached hydrogen (secondary N) is 1. The van der Waals surface area contributed by atoms with Crippen molar-refractivity contribution >= 4 is 22.3 Å². The normalized spacial score (nSPS) is 19.7. The Balaban J connectivity index is 1.53. The summed E-state index contributed by atoms with van der Waals surface area (Å²) in [6.07, 6.45) is -0.795. The number of aromatic nitrogens is 3. The molecule has 1 aliphatic carbocycles. The number of likely N-dealkylation sites (N-methyl/N-ethyl adjacent to an activating group) is 1. The molecule has 1 aromatic carbocycles. The highest BCUT2D eigenvalue weighted by atomic mass is 32.2. The molecule has 0 spiro atoms. The molecular formula is C26H28F3N5O5S. The molecule has 0 amide bonds. The van der Waals surface area contributed by atoms with Crippen LogP contribution in [-0.2, 0) is 25.7 Å². The summed E-state index contributed by atoms with van der Waals surface area (Å²) in [5.74, 6) is 0.118. The van der Waals surface area contributed by atoms with Crippen molar-refractivity contribution in [3.05, 3.63) is 71.8 Å². The first-order chi connectivity index (χ1) is 19.0. The van der Waals surface area contributed by atoms with Crippen LogP contribution >= 0.6 is 0 Å². The molecule has 1 aliphatic rings. The number of pyridine rings is 1. The van der Waals surface area contributed by atoms with E-state index in [4.69, 9.17) is 9.47 Å². The van der Waals surface area contributed by atoms with E-state index in [1.54, 1.807) is 18.0 Å². The SMILES string of the molecule is Cc1nc(O[C@H]2CC[C@H](c3cccc(C(F)(F)F)c3)C[C@@H]2N(C)COC=O)ccc1S(=O)(=O)Nc1ccncn1. The quantitative estimate of drug-likeness (QED) is 0.279. The third kappa shape index (κ3) is 7.04. The average molecular weight is 580 g/mol. The molecule has 10 nitrogen and oxygen atoms in total. The molecule has 214 valence electrons. The third-order valence-corrected chi connectivity index (χ3v) is 8.24. The number of carbonyl (C=O) groups is 1. The van der Waals surface area contributed by atoms with Crippen LogP contribution in [0.25, 0.3) is 0 Å². The Labute approximate surface area is 229 Å². The van der Waals surface area contributed by atoms with E-state index in [0.717, 1.165) is 6.07 Å². The molecule has 0 unspecified atom stereocenters. The molecular weight excluding hydrogens is 551 g/mol. The lowest BCUT2D eigenvalue weighted by Gasteiger charge is -2.40. The van der Waals surface area contributed by atoms with Crippen LogP contribution in [0.15, 0.2) is 59.9 Å². The van der Waals surface area contributed by atoms with Gasteiger partial charge in [-0.05, 0) is 62.9 Å². The standard InChI is InChI=1S/C26H28F3N5O5S/c1-17-23(40(36,37)33-24-10-11-30-14-31-24)8-9-25(32-17)39-22-7-6-19(13-21(22)34(2)15-38-16-35)18-4-3-5-20(12-18)26(27,28)29/h3-5,8-12,14,16,19,21-22H,6-7,13,15H2,1-2H3,(H,30,31,33)/t19-,21-,22-/m0/s1.